The molecule has 3 aromatic rings. The van der Waals surface area contributed by atoms with Crippen molar-refractivity contribution < 1.29 is 4.79 Å². The molecule has 1 aliphatic rings. The predicted molar refractivity (Wildman–Crippen MR) is 169 cm³/mol. The Morgan fingerprint density at radius 1 is 0.800 bits per heavy atom. The quantitative estimate of drug-likeness (QED) is 0.190. The molecule has 5 nitrogen and oxygen atoms in total. The lowest BCUT2D eigenvalue weighted by Crippen LogP contribution is -2.43. The van der Waals surface area contributed by atoms with Crippen LogP contribution in [0.15, 0.2) is 104 Å². The van der Waals surface area contributed by atoms with E-state index in [9.17, 15) is 4.79 Å². The Kier molecular flexibility index (Phi) is 9.49. The number of benzene rings is 3. The highest BCUT2D eigenvalue weighted by atomic mass is 16.1. The van der Waals surface area contributed by atoms with Crippen LogP contribution in [0.4, 0.5) is 11.4 Å². The Labute approximate surface area is 239 Å². The zero-order chi connectivity index (χ0) is 28.5. The minimum absolute atomic E-state index is 0.0485. The first-order valence-corrected chi connectivity index (χ1v) is 14.1. The number of anilines is 2. The summed E-state index contributed by atoms with van der Waals surface area (Å²) in [6, 6.07) is 24.1. The highest BCUT2D eigenvalue weighted by Crippen LogP contribution is 2.40. The summed E-state index contributed by atoms with van der Waals surface area (Å²) in [7, 11) is 0. The maximum atomic E-state index is 12.9. The molecule has 3 aromatic carbocycles. The fourth-order valence-electron chi connectivity index (χ4n) is 5.25. The first kappa shape index (κ1) is 28.8. The molecule has 1 fully saturated rings. The minimum atomic E-state index is -0.147. The van der Waals surface area contributed by atoms with E-state index >= 15 is 0 Å². The summed E-state index contributed by atoms with van der Waals surface area (Å²) in [6.07, 6.45) is 5.55. The van der Waals surface area contributed by atoms with Crippen molar-refractivity contribution in [2.75, 3.05) is 17.2 Å². The van der Waals surface area contributed by atoms with Crippen molar-refractivity contribution in [3.63, 3.8) is 0 Å². The lowest BCUT2D eigenvalue weighted by molar-refractivity contribution is 0.0924. The van der Waals surface area contributed by atoms with Crippen LogP contribution in [0, 0.1) is 12.3 Å². The maximum Gasteiger partial charge on any atom is 0.251 e. The molecule has 0 radical (unpaired) electrons. The van der Waals surface area contributed by atoms with Crippen molar-refractivity contribution in [2.24, 2.45) is 5.41 Å². The van der Waals surface area contributed by atoms with Gasteiger partial charge in [0.05, 0.1) is 0 Å². The summed E-state index contributed by atoms with van der Waals surface area (Å²) in [5, 5.41) is 13.4. The van der Waals surface area contributed by atoms with Crippen LogP contribution in [0.5, 0.6) is 0 Å². The molecule has 0 heterocycles. The average molecular weight is 535 g/mol. The first-order valence-electron chi connectivity index (χ1n) is 14.1. The molecule has 0 saturated heterocycles. The number of amides is 1. The normalized spacial score (nSPS) is 14.1. The number of hydrogen-bond acceptors (Lipinski definition) is 4. The summed E-state index contributed by atoms with van der Waals surface area (Å²) in [6.45, 7) is 17.8. The van der Waals surface area contributed by atoms with Gasteiger partial charge >= 0.3 is 0 Å². The SMILES string of the molecule is C=C(Nc1ccc(CNC(=C)C2(CNC(=O)c3ccc(C(=C)C)cc3)CCCCC2)cc1)Nc1ccccc1C. The molecule has 4 rings (SSSR count). The average Bonchev–Trinajstić information content (AvgIpc) is 2.97. The third kappa shape index (κ3) is 7.44. The molecule has 40 heavy (non-hydrogen) atoms. The predicted octanol–water partition coefficient (Wildman–Crippen LogP) is 8.01. The molecular formula is C35H42N4O. The number of hydrogen-bond donors (Lipinski definition) is 4. The Morgan fingerprint density at radius 3 is 2.10 bits per heavy atom. The molecule has 1 amide bonds. The highest BCUT2D eigenvalue weighted by molar-refractivity contribution is 5.94. The van der Waals surface area contributed by atoms with Gasteiger partial charge in [-0.25, -0.2) is 0 Å². The zero-order valence-corrected chi connectivity index (χ0v) is 23.9. The summed E-state index contributed by atoms with van der Waals surface area (Å²) in [5.74, 6) is 0.675. The number of rotatable bonds is 12. The van der Waals surface area contributed by atoms with Crippen molar-refractivity contribution in [2.45, 2.75) is 52.5 Å². The van der Waals surface area contributed by atoms with Crippen molar-refractivity contribution in [1.29, 1.82) is 0 Å². The summed E-state index contributed by atoms with van der Waals surface area (Å²) in [4.78, 5) is 12.9. The Hall–Kier alpha value is -4.25. The molecule has 1 aliphatic carbocycles. The lowest BCUT2D eigenvalue weighted by atomic mass is 9.71. The van der Waals surface area contributed by atoms with Gasteiger partial charge in [0.1, 0.15) is 5.82 Å². The van der Waals surface area contributed by atoms with Gasteiger partial charge < -0.3 is 21.3 Å². The van der Waals surface area contributed by atoms with Crippen molar-refractivity contribution >= 4 is 22.9 Å². The van der Waals surface area contributed by atoms with E-state index in [0.717, 1.165) is 65.3 Å². The van der Waals surface area contributed by atoms with Crippen LogP contribution in [0.2, 0.25) is 0 Å². The van der Waals surface area contributed by atoms with Crippen LogP contribution in [-0.2, 0) is 6.54 Å². The van der Waals surface area contributed by atoms with Crippen LogP contribution in [-0.4, -0.2) is 12.5 Å². The van der Waals surface area contributed by atoms with Crippen LogP contribution >= 0.6 is 0 Å². The van der Waals surface area contributed by atoms with E-state index in [1.807, 2.05) is 49.4 Å². The number of carbonyl (C=O) groups excluding carboxylic acids is 1. The molecular weight excluding hydrogens is 492 g/mol. The van der Waals surface area contributed by atoms with Gasteiger partial charge in [-0.3, -0.25) is 4.79 Å². The molecule has 0 unspecified atom stereocenters. The molecule has 0 atom stereocenters. The van der Waals surface area contributed by atoms with Crippen LogP contribution in [0.1, 0.15) is 66.1 Å². The third-order valence-corrected chi connectivity index (χ3v) is 7.86. The second-order valence-electron chi connectivity index (χ2n) is 11.0. The monoisotopic (exact) mass is 534 g/mol. The summed E-state index contributed by atoms with van der Waals surface area (Å²) < 4.78 is 0. The van der Waals surface area contributed by atoms with E-state index in [4.69, 9.17) is 0 Å². The van der Waals surface area contributed by atoms with E-state index in [0.29, 0.717) is 18.7 Å². The van der Waals surface area contributed by atoms with Crippen LogP contribution in [0.3, 0.4) is 0 Å². The second kappa shape index (κ2) is 13.2. The molecule has 0 aromatic heterocycles. The van der Waals surface area contributed by atoms with Crippen molar-refractivity contribution in [3.05, 3.63) is 126 Å². The Balaban J connectivity index is 1.31. The van der Waals surface area contributed by atoms with Gasteiger partial charge in [0, 0.05) is 41.1 Å². The highest BCUT2D eigenvalue weighted by Gasteiger charge is 2.35. The number of aryl methyl sites for hydroxylation is 1. The molecule has 4 N–H and O–H groups in total. The molecule has 0 bridgehead atoms. The second-order valence-corrected chi connectivity index (χ2v) is 11.0. The van der Waals surface area contributed by atoms with Crippen molar-refractivity contribution in [3.8, 4) is 0 Å². The summed E-state index contributed by atoms with van der Waals surface area (Å²) >= 11 is 0. The van der Waals surface area contributed by atoms with E-state index in [1.165, 1.54) is 12.0 Å². The topological polar surface area (TPSA) is 65.2 Å². The lowest BCUT2D eigenvalue weighted by Gasteiger charge is -2.39. The fourth-order valence-corrected chi connectivity index (χ4v) is 5.25. The minimum Gasteiger partial charge on any atom is -0.384 e. The standard InChI is InChI=1S/C35H42N4O/c1-25(2)30-15-17-31(18-16-30)34(40)37-24-35(21-9-6-10-22-35)27(4)36-23-29-13-19-32(20-14-29)38-28(5)39-33-12-8-7-11-26(33)3/h7-8,11-20,36,38-39H,1,4-6,9-10,21-24H2,2-3H3,(H,37,40). The van der Waals surface area contributed by atoms with Gasteiger partial charge in [-0.05, 0) is 73.7 Å². The zero-order valence-electron chi connectivity index (χ0n) is 23.9. The van der Waals surface area contributed by atoms with Gasteiger partial charge in [-0.1, -0.05) is 87.0 Å². The maximum absolute atomic E-state index is 12.9. The van der Waals surface area contributed by atoms with Crippen LogP contribution in [0.25, 0.3) is 5.57 Å². The van der Waals surface area contributed by atoms with E-state index in [-0.39, 0.29) is 11.3 Å². The number of para-hydroxylation sites is 1. The fraction of sp³-hybridized carbons (Fsp3) is 0.286. The molecule has 1 saturated carbocycles. The van der Waals surface area contributed by atoms with Crippen LogP contribution < -0.4 is 21.3 Å². The van der Waals surface area contributed by atoms with Crippen molar-refractivity contribution in [1.82, 2.24) is 10.6 Å². The molecule has 208 valence electrons. The van der Waals surface area contributed by atoms with Gasteiger partial charge in [0.15, 0.2) is 0 Å². The molecule has 5 heteroatoms. The smallest absolute Gasteiger partial charge is 0.251 e. The number of allylic oxidation sites excluding steroid dienone is 1. The van der Waals surface area contributed by atoms with E-state index in [1.54, 1.807) is 0 Å². The van der Waals surface area contributed by atoms with Gasteiger partial charge in [-0.15, -0.1) is 0 Å². The summed E-state index contributed by atoms with van der Waals surface area (Å²) in [5.41, 5.74) is 7.89. The molecule has 0 spiro atoms. The first-order chi connectivity index (χ1) is 19.3. The van der Waals surface area contributed by atoms with E-state index in [2.05, 4.69) is 78.3 Å². The van der Waals surface area contributed by atoms with Gasteiger partial charge in [0.2, 0.25) is 0 Å². The van der Waals surface area contributed by atoms with Gasteiger partial charge in [-0.2, -0.15) is 0 Å². The Bertz CT molecular complexity index is 1350. The Morgan fingerprint density at radius 2 is 1.45 bits per heavy atom. The van der Waals surface area contributed by atoms with E-state index < -0.39 is 0 Å². The third-order valence-electron chi connectivity index (χ3n) is 7.86. The molecule has 0 aliphatic heterocycles. The number of nitrogens with one attached hydrogen (secondary N) is 4. The van der Waals surface area contributed by atoms with Gasteiger partial charge in [0.25, 0.3) is 5.91 Å². The largest absolute Gasteiger partial charge is 0.384 e. The number of carbonyl (C=O) groups is 1.